The van der Waals surface area contributed by atoms with Crippen molar-refractivity contribution < 1.29 is 4.74 Å². The number of halogens is 1. The van der Waals surface area contributed by atoms with Crippen LogP contribution in [0.3, 0.4) is 0 Å². The van der Waals surface area contributed by atoms with E-state index in [1.165, 1.54) is 0 Å². The van der Waals surface area contributed by atoms with Gasteiger partial charge in [0.05, 0.1) is 18.4 Å². The average molecular weight is 238 g/mol. The van der Waals surface area contributed by atoms with Gasteiger partial charge >= 0.3 is 0 Å². The first-order chi connectivity index (χ1) is 7.74. The molecule has 16 heavy (non-hydrogen) atoms. The van der Waals surface area contributed by atoms with Gasteiger partial charge in [-0.2, -0.15) is 5.10 Å². The number of aromatic nitrogens is 2. The van der Waals surface area contributed by atoms with Crippen molar-refractivity contribution in [3.63, 3.8) is 0 Å². The molecule has 2 rings (SSSR count). The molecule has 1 aromatic carbocycles. The molecule has 0 saturated heterocycles. The van der Waals surface area contributed by atoms with Gasteiger partial charge in [0, 0.05) is 11.2 Å². The van der Waals surface area contributed by atoms with Crippen LogP contribution < -0.4 is 10.5 Å². The van der Waals surface area contributed by atoms with E-state index in [-0.39, 0.29) is 0 Å². The maximum absolute atomic E-state index is 5.76. The summed E-state index contributed by atoms with van der Waals surface area (Å²) in [5.74, 6) is 0.796. The summed E-state index contributed by atoms with van der Waals surface area (Å²) in [5, 5.41) is 4.75. The molecule has 0 amide bonds. The number of ether oxygens (including phenoxy) is 1. The second-order valence-corrected chi connectivity index (χ2v) is 3.78. The highest BCUT2D eigenvalue weighted by Gasteiger charge is 1.96. The molecule has 4 nitrogen and oxygen atoms in total. The lowest BCUT2D eigenvalue weighted by Gasteiger charge is -2.05. The molecule has 0 aliphatic heterocycles. The molecule has 1 heterocycles. The smallest absolute Gasteiger partial charge is 0.119 e. The first-order valence-electron chi connectivity index (χ1n) is 4.90. The molecule has 2 aromatic rings. The van der Waals surface area contributed by atoms with Crippen molar-refractivity contribution in [1.82, 2.24) is 9.78 Å². The molecule has 5 heteroatoms. The summed E-state index contributed by atoms with van der Waals surface area (Å²) in [6.45, 7) is 1.21. The number of hydrogen-bond acceptors (Lipinski definition) is 3. The SMILES string of the molecule is Nc1cnn(CCOc2ccc(Cl)cc2)c1. The molecule has 0 bridgehead atoms. The van der Waals surface area contributed by atoms with Gasteiger partial charge in [0.15, 0.2) is 0 Å². The quantitative estimate of drug-likeness (QED) is 0.887. The van der Waals surface area contributed by atoms with Crippen LogP contribution in [0.1, 0.15) is 0 Å². The topological polar surface area (TPSA) is 53.1 Å². The maximum Gasteiger partial charge on any atom is 0.119 e. The second-order valence-electron chi connectivity index (χ2n) is 3.34. The highest BCUT2D eigenvalue weighted by atomic mass is 35.5. The average Bonchev–Trinajstić information content (AvgIpc) is 2.67. The minimum Gasteiger partial charge on any atom is -0.492 e. The molecular formula is C11H12ClN3O. The number of benzene rings is 1. The second kappa shape index (κ2) is 4.90. The van der Waals surface area contributed by atoms with Crippen LogP contribution in [0, 0.1) is 0 Å². The molecule has 0 aliphatic rings. The largest absolute Gasteiger partial charge is 0.492 e. The Kier molecular flexibility index (Phi) is 3.31. The lowest BCUT2D eigenvalue weighted by Crippen LogP contribution is -2.08. The van der Waals surface area contributed by atoms with Gasteiger partial charge in [-0.05, 0) is 24.3 Å². The first kappa shape index (κ1) is 10.8. The summed E-state index contributed by atoms with van der Waals surface area (Å²) < 4.78 is 7.26. The first-order valence-corrected chi connectivity index (χ1v) is 5.28. The van der Waals surface area contributed by atoms with E-state index in [1.54, 1.807) is 29.2 Å². The third-order valence-corrected chi connectivity index (χ3v) is 2.31. The van der Waals surface area contributed by atoms with Crippen molar-refractivity contribution in [2.24, 2.45) is 0 Å². The Balaban J connectivity index is 1.82. The van der Waals surface area contributed by atoms with Crippen LogP contribution in [-0.4, -0.2) is 16.4 Å². The van der Waals surface area contributed by atoms with Crippen LogP contribution in [-0.2, 0) is 6.54 Å². The van der Waals surface area contributed by atoms with E-state index in [4.69, 9.17) is 22.1 Å². The van der Waals surface area contributed by atoms with Gasteiger partial charge in [-0.3, -0.25) is 4.68 Å². The Morgan fingerprint density at radius 1 is 1.31 bits per heavy atom. The van der Waals surface area contributed by atoms with Crippen molar-refractivity contribution in [2.75, 3.05) is 12.3 Å². The Labute approximate surface area is 98.6 Å². The highest BCUT2D eigenvalue weighted by Crippen LogP contribution is 2.15. The van der Waals surface area contributed by atoms with Crippen molar-refractivity contribution in [2.45, 2.75) is 6.54 Å². The van der Waals surface area contributed by atoms with Gasteiger partial charge in [-0.25, -0.2) is 0 Å². The summed E-state index contributed by atoms with van der Waals surface area (Å²) in [4.78, 5) is 0. The minimum absolute atomic E-state index is 0.544. The van der Waals surface area contributed by atoms with Crippen molar-refractivity contribution in [3.05, 3.63) is 41.7 Å². The molecule has 1 aromatic heterocycles. The van der Waals surface area contributed by atoms with Crippen LogP contribution in [0.15, 0.2) is 36.7 Å². The Bertz CT molecular complexity index is 453. The Morgan fingerprint density at radius 2 is 2.06 bits per heavy atom. The summed E-state index contributed by atoms with van der Waals surface area (Å²) in [7, 11) is 0. The van der Waals surface area contributed by atoms with Gasteiger partial charge in [0.2, 0.25) is 0 Å². The predicted molar refractivity (Wildman–Crippen MR) is 63.6 cm³/mol. The summed E-state index contributed by atoms with van der Waals surface area (Å²) in [6, 6.07) is 7.26. The third-order valence-electron chi connectivity index (χ3n) is 2.06. The van der Waals surface area contributed by atoms with Crippen LogP contribution in [0.5, 0.6) is 5.75 Å². The molecule has 0 radical (unpaired) electrons. The van der Waals surface area contributed by atoms with Crippen LogP contribution in [0.2, 0.25) is 5.02 Å². The molecule has 0 saturated carbocycles. The van der Waals surface area contributed by atoms with Gasteiger partial charge in [0.1, 0.15) is 12.4 Å². The van der Waals surface area contributed by atoms with Crippen molar-refractivity contribution >= 4 is 17.3 Å². The maximum atomic E-state index is 5.76. The zero-order valence-electron chi connectivity index (χ0n) is 8.64. The van der Waals surface area contributed by atoms with Gasteiger partial charge in [-0.1, -0.05) is 11.6 Å². The Morgan fingerprint density at radius 3 is 2.69 bits per heavy atom. The van der Waals surface area contributed by atoms with E-state index >= 15 is 0 Å². The fraction of sp³-hybridized carbons (Fsp3) is 0.182. The number of hydrogen-bond donors (Lipinski definition) is 1. The van der Waals surface area contributed by atoms with Crippen molar-refractivity contribution in [1.29, 1.82) is 0 Å². The van der Waals surface area contributed by atoms with Crippen LogP contribution in [0.25, 0.3) is 0 Å². The van der Waals surface area contributed by atoms with Gasteiger partial charge in [0.25, 0.3) is 0 Å². The summed E-state index contributed by atoms with van der Waals surface area (Å²) in [5.41, 5.74) is 6.20. The van der Waals surface area contributed by atoms with E-state index in [0.29, 0.717) is 23.9 Å². The summed E-state index contributed by atoms with van der Waals surface area (Å²) in [6.07, 6.45) is 3.38. The number of nitrogens with zero attached hydrogens (tertiary/aromatic N) is 2. The highest BCUT2D eigenvalue weighted by molar-refractivity contribution is 6.30. The fourth-order valence-corrected chi connectivity index (χ4v) is 1.42. The van der Waals surface area contributed by atoms with Gasteiger partial charge in [-0.15, -0.1) is 0 Å². The zero-order chi connectivity index (χ0) is 11.4. The molecule has 0 spiro atoms. The van der Waals surface area contributed by atoms with Crippen LogP contribution in [0.4, 0.5) is 5.69 Å². The lowest BCUT2D eigenvalue weighted by atomic mass is 10.3. The molecule has 0 atom stereocenters. The number of rotatable bonds is 4. The van der Waals surface area contributed by atoms with Crippen LogP contribution >= 0.6 is 11.6 Å². The van der Waals surface area contributed by atoms with E-state index in [0.717, 1.165) is 5.75 Å². The number of anilines is 1. The molecule has 84 valence electrons. The van der Waals surface area contributed by atoms with E-state index in [1.807, 2.05) is 12.1 Å². The monoisotopic (exact) mass is 237 g/mol. The zero-order valence-corrected chi connectivity index (χ0v) is 9.39. The molecule has 0 unspecified atom stereocenters. The predicted octanol–water partition coefficient (Wildman–Crippen LogP) is 2.20. The molecule has 2 N–H and O–H groups in total. The number of nitrogens with two attached hydrogens (primary N) is 1. The molecular weight excluding hydrogens is 226 g/mol. The molecule has 0 aliphatic carbocycles. The normalized spacial score (nSPS) is 10.3. The fourth-order valence-electron chi connectivity index (χ4n) is 1.29. The standard InChI is InChI=1S/C11H12ClN3O/c12-9-1-3-11(4-2-9)16-6-5-15-8-10(13)7-14-15/h1-4,7-8H,5-6,13H2. The van der Waals surface area contributed by atoms with E-state index in [2.05, 4.69) is 5.10 Å². The molecule has 0 fully saturated rings. The summed E-state index contributed by atoms with van der Waals surface area (Å²) >= 11 is 5.76. The third kappa shape index (κ3) is 2.90. The number of nitrogen functional groups attached to an aromatic ring is 1. The van der Waals surface area contributed by atoms with Crippen molar-refractivity contribution in [3.8, 4) is 5.75 Å². The van der Waals surface area contributed by atoms with E-state index < -0.39 is 0 Å². The van der Waals surface area contributed by atoms with Gasteiger partial charge < -0.3 is 10.5 Å². The minimum atomic E-state index is 0.544. The van der Waals surface area contributed by atoms with E-state index in [9.17, 15) is 0 Å². The lowest BCUT2D eigenvalue weighted by molar-refractivity contribution is 0.291. The Hall–Kier alpha value is -1.68.